The summed E-state index contributed by atoms with van der Waals surface area (Å²) in [7, 11) is 0. The van der Waals surface area contributed by atoms with Crippen LogP contribution in [0.3, 0.4) is 0 Å². The van der Waals surface area contributed by atoms with E-state index in [1.807, 2.05) is 12.1 Å². The second kappa shape index (κ2) is 4.86. The Kier molecular flexibility index (Phi) is 3.22. The van der Waals surface area contributed by atoms with Crippen LogP contribution < -0.4 is 0 Å². The van der Waals surface area contributed by atoms with Crippen LogP contribution in [-0.2, 0) is 6.42 Å². The molecule has 5 heteroatoms. The topological polar surface area (TPSA) is 33.4 Å². The molecule has 1 atom stereocenters. The molecule has 3 heterocycles. The molecule has 1 aliphatic rings. The first kappa shape index (κ1) is 11.9. The van der Waals surface area contributed by atoms with Crippen molar-refractivity contribution in [2.45, 2.75) is 32.2 Å². The quantitative estimate of drug-likeness (QED) is 0.854. The number of halogens is 1. The molecule has 0 spiro atoms. The van der Waals surface area contributed by atoms with E-state index >= 15 is 0 Å². The largest absolute Gasteiger partial charge is 0.300 e. The van der Waals surface area contributed by atoms with Crippen LogP contribution in [0.4, 0.5) is 0 Å². The lowest BCUT2D eigenvalue weighted by Gasteiger charge is -2.21. The zero-order chi connectivity index (χ0) is 12.5. The minimum atomic E-state index is 0.600. The third-order valence-corrected chi connectivity index (χ3v) is 3.89. The molecule has 2 aromatic rings. The van der Waals surface area contributed by atoms with E-state index in [2.05, 4.69) is 21.9 Å². The monoisotopic (exact) mass is 264 g/mol. The first-order valence-corrected chi connectivity index (χ1v) is 6.89. The third-order valence-electron chi connectivity index (χ3n) is 3.66. The Morgan fingerprint density at radius 3 is 3.17 bits per heavy atom. The average Bonchev–Trinajstić information content (AvgIpc) is 2.94. The molecule has 2 aromatic heterocycles. The average molecular weight is 265 g/mol. The van der Waals surface area contributed by atoms with Gasteiger partial charge in [0.15, 0.2) is 11.5 Å². The third kappa shape index (κ3) is 2.22. The van der Waals surface area contributed by atoms with Crippen molar-refractivity contribution in [2.75, 3.05) is 13.1 Å². The number of fused-ring (bicyclic) bond motifs is 1. The normalized spacial score (nSPS) is 20.9. The molecular formula is C13H17ClN4. The summed E-state index contributed by atoms with van der Waals surface area (Å²) in [6.45, 7) is 4.54. The maximum atomic E-state index is 5.95. The number of hydrogen-bond donors (Lipinski definition) is 0. The van der Waals surface area contributed by atoms with E-state index in [0.29, 0.717) is 11.1 Å². The first-order chi connectivity index (χ1) is 8.76. The summed E-state index contributed by atoms with van der Waals surface area (Å²) in [4.78, 5) is 7.07. The van der Waals surface area contributed by atoms with Crippen molar-refractivity contribution < 1.29 is 0 Å². The predicted octanol–water partition coefficient (Wildman–Crippen LogP) is 2.41. The lowest BCUT2D eigenvalue weighted by atomic mass is 10.1. The van der Waals surface area contributed by atoms with E-state index in [1.165, 1.54) is 19.4 Å². The summed E-state index contributed by atoms with van der Waals surface area (Å²) in [5.41, 5.74) is 0.871. The van der Waals surface area contributed by atoms with Gasteiger partial charge in [0.1, 0.15) is 0 Å². The van der Waals surface area contributed by atoms with Crippen LogP contribution in [-0.4, -0.2) is 38.6 Å². The van der Waals surface area contributed by atoms with Crippen molar-refractivity contribution in [1.82, 2.24) is 19.5 Å². The fourth-order valence-corrected chi connectivity index (χ4v) is 2.90. The second-order valence-electron chi connectivity index (χ2n) is 4.81. The molecule has 0 bridgehead atoms. The van der Waals surface area contributed by atoms with E-state index in [4.69, 9.17) is 11.6 Å². The molecule has 0 N–H and O–H groups in total. The number of aromatic nitrogens is 3. The Bertz CT molecular complexity index is 551. The van der Waals surface area contributed by atoms with E-state index in [1.54, 1.807) is 10.7 Å². The smallest absolute Gasteiger partial charge is 0.155 e. The first-order valence-electron chi connectivity index (χ1n) is 6.51. The number of rotatable bonds is 3. The van der Waals surface area contributed by atoms with Crippen molar-refractivity contribution in [2.24, 2.45) is 0 Å². The van der Waals surface area contributed by atoms with Gasteiger partial charge in [-0.1, -0.05) is 18.5 Å². The lowest BCUT2D eigenvalue weighted by molar-refractivity contribution is 0.263. The van der Waals surface area contributed by atoms with Crippen molar-refractivity contribution in [3.05, 3.63) is 29.2 Å². The molecule has 18 heavy (non-hydrogen) atoms. The Morgan fingerprint density at radius 1 is 1.44 bits per heavy atom. The van der Waals surface area contributed by atoms with E-state index in [0.717, 1.165) is 24.4 Å². The minimum Gasteiger partial charge on any atom is -0.300 e. The molecule has 1 fully saturated rings. The van der Waals surface area contributed by atoms with Gasteiger partial charge < -0.3 is 4.90 Å². The van der Waals surface area contributed by atoms with Crippen LogP contribution in [0.15, 0.2) is 18.3 Å². The summed E-state index contributed by atoms with van der Waals surface area (Å²) < 4.78 is 1.77. The molecule has 1 aliphatic heterocycles. The SMILES string of the molecule is CCN1CCCC1Cc1nc2ccc(Cl)cn2n1. The fourth-order valence-electron chi connectivity index (χ4n) is 2.74. The zero-order valence-electron chi connectivity index (χ0n) is 10.5. The molecule has 96 valence electrons. The number of likely N-dealkylation sites (tertiary alicyclic amines) is 1. The summed E-state index contributed by atoms with van der Waals surface area (Å²) >= 11 is 5.95. The van der Waals surface area contributed by atoms with Gasteiger partial charge in [0.2, 0.25) is 0 Å². The highest BCUT2D eigenvalue weighted by atomic mass is 35.5. The van der Waals surface area contributed by atoms with Gasteiger partial charge in [-0.05, 0) is 38.1 Å². The second-order valence-corrected chi connectivity index (χ2v) is 5.24. The van der Waals surface area contributed by atoms with Crippen LogP contribution >= 0.6 is 11.6 Å². The molecule has 0 aliphatic carbocycles. The molecular weight excluding hydrogens is 248 g/mol. The van der Waals surface area contributed by atoms with Gasteiger partial charge in [-0.15, -0.1) is 0 Å². The van der Waals surface area contributed by atoms with Gasteiger partial charge in [-0.25, -0.2) is 9.50 Å². The number of nitrogens with zero attached hydrogens (tertiary/aromatic N) is 4. The van der Waals surface area contributed by atoms with Crippen LogP contribution in [0.25, 0.3) is 5.65 Å². The van der Waals surface area contributed by atoms with Crippen LogP contribution in [0.5, 0.6) is 0 Å². The summed E-state index contributed by atoms with van der Waals surface area (Å²) in [5.74, 6) is 0.919. The van der Waals surface area contributed by atoms with Crippen molar-refractivity contribution >= 4 is 17.2 Å². The van der Waals surface area contributed by atoms with Crippen molar-refractivity contribution in [3.8, 4) is 0 Å². The molecule has 1 saturated heterocycles. The molecule has 0 radical (unpaired) electrons. The minimum absolute atomic E-state index is 0.600. The lowest BCUT2D eigenvalue weighted by Crippen LogP contribution is -2.31. The molecule has 3 rings (SSSR count). The van der Waals surface area contributed by atoms with Gasteiger partial charge in [0.05, 0.1) is 5.02 Å². The Morgan fingerprint density at radius 2 is 2.33 bits per heavy atom. The van der Waals surface area contributed by atoms with Gasteiger partial charge in [0, 0.05) is 18.7 Å². The van der Waals surface area contributed by atoms with Crippen molar-refractivity contribution in [1.29, 1.82) is 0 Å². The maximum absolute atomic E-state index is 5.95. The Balaban J connectivity index is 1.82. The predicted molar refractivity (Wildman–Crippen MR) is 72.0 cm³/mol. The molecule has 4 nitrogen and oxygen atoms in total. The summed E-state index contributed by atoms with van der Waals surface area (Å²) in [5, 5.41) is 5.19. The number of pyridine rings is 1. The highest BCUT2D eigenvalue weighted by Crippen LogP contribution is 2.20. The van der Waals surface area contributed by atoms with E-state index in [9.17, 15) is 0 Å². The van der Waals surface area contributed by atoms with Crippen molar-refractivity contribution in [3.63, 3.8) is 0 Å². The van der Waals surface area contributed by atoms with E-state index in [-0.39, 0.29) is 0 Å². The Labute approximate surface area is 112 Å². The van der Waals surface area contributed by atoms with Crippen LogP contribution in [0, 0.1) is 0 Å². The Hall–Kier alpha value is -1.13. The number of likely N-dealkylation sites (N-methyl/N-ethyl adjacent to an activating group) is 1. The van der Waals surface area contributed by atoms with Gasteiger partial charge >= 0.3 is 0 Å². The van der Waals surface area contributed by atoms with Gasteiger partial charge in [-0.3, -0.25) is 0 Å². The molecule has 0 aromatic carbocycles. The molecule has 0 saturated carbocycles. The zero-order valence-corrected chi connectivity index (χ0v) is 11.3. The standard InChI is InChI=1S/C13H17ClN4/c1-2-17-7-3-4-11(17)8-12-15-13-6-5-10(14)9-18(13)16-12/h5-6,9,11H,2-4,7-8H2,1H3. The molecule has 1 unspecified atom stereocenters. The highest BCUT2D eigenvalue weighted by Gasteiger charge is 2.24. The van der Waals surface area contributed by atoms with Gasteiger partial charge in [0.25, 0.3) is 0 Å². The van der Waals surface area contributed by atoms with Gasteiger partial charge in [-0.2, -0.15) is 5.10 Å². The maximum Gasteiger partial charge on any atom is 0.155 e. The highest BCUT2D eigenvalue weighted by molar-refractivity contribution is 6.30. The summed E-state index contributed by atoms with van der Waals surface area (Å²) in [6.07, 6.45) is 5.29. The van der Waals surface area contributed by atoms with Crippen LogP contribution in [0.2, 0.25) is 5.02 Å². The summed E-state index contributed by atoms with van der Waals surface area (Å²) in [6, 6.07) is 4.36. The van der Waals surface area contributed by atoms with E-state index < -0.39 is 0 Å². The molecule has 0 amide bonds. The fraction of sp³-hybridized carbons (Fsp3) is 0.538. The van der Waals surface area contributed by atoms with Crippen LogP contribution in [0.1, 0.15) is 25.6 Å². The number of hydrogen-bond acceptors (Lipinski definition) is 3.